The van der Waals surface area contributed by atoms with Crippen LogP contribution in [0.15, 0.2) is 78.9 Å². The van der Waals surface area contributed by atoms with Gasteiger partial charge in [-0.3, -0.25) is 0 Å². The molecule has 2 saturated carbocycles. The number of amidine groups is 1. The second-order valence-electron chi connectivity index (χ2n) is 15.1. The summed E-state index contributed by atoms with van der Waals surface area (Å²) in [6.07, 6.45) is 14.7. The van der Waals surface area contributed by atoms with Crippen LogP contribution < -0.4 is 5.30 Å². The molecule has 2 aliphatic carbocycles. The van der Waals surface area contributed by atoms with E-state index in [-0.39, 0.29) is 26.2 Å². The molecule has 0 radical (unpaired) electrons. The molecule has 262 valence electrons. The Labute approximate surface area is 285 Å². The molecule has 6 rings (SSSR count). The van der Waals surface area contributed by atoms with Crippen molar-refractivity contribution in [3.8, 4) is 0 Å². The first-order valence-corrected chi connectivity index (χ1v) is 20.9. The van der Waals surface area contributed by atoms with Crippen LogP contribution in [0.2, 0.25) is 0 Å². The third kappa shape index (κ3) is 7.69. The molecule has 3 aliphatic rings. The molecule has 0 spiro atoms. The average Bonchev–Trinajstić information content (AvgIpc) is 3.50. The van der Waals surface area contributed by atoms with Crippen molar-refractivity contribution in [2.24, 2.45) is 11.8 Å². The van der Waals surface area contributed by atoms with Crippen LogP contribution in [0.4, 0.5) is 16.8 Å². The quantitative estimate of drug-likeness (QED) is 0.105. The summed E-state index contributed by atoms with van der Waals surface area (Å²) in [5.41, 5.74) is 3.00. The van der Waals surface area contributed by atoms with Crippen LogP contribution in [0.5, 0.6) is 0 Å². The Kier molecular flexibility index (Phi) is 10.2. The summed E-state index contributed by atoms with van der Waals surface area (Å²) < 4.78 is 67.7. The fourth-order valence-electron chi connectivity index (χ4n) is 8.97. The van der Waals surface area contributed by atoms with Crippen LogP contribution in [0.1, 0.15) is 125 Å². The van der Waals surface area contributed by atoms with E-state index in [1.165, 1.54) is 116 Å². The molecule has 0 amide bonds. The van der Waals surface area contributed by atoms with E-state index in [2.05, 4.69) is 38.1 Å². The zero-order valence-electron chi connectivity index (χ0n) is 29.0. The van der Waals surface area contributed by atoms with E-state index in [1.807, 2.05) is 24.3 Å². The van der Waals surface area contributed by atoms with Gasteiger partial charge in [0.15, 0.2) is 0 Å². The summed E-state index contributed by atoms with van der Waals surface area (Å²) in [5.74, 6) is 2.67. The summed E-state index contributed by atoms with van der Waals surface area (Å²) in [7, 11) is -9.17. The van der Waals surface area contributed by atoms with Crippen molar-refractivity contribution in [3.05, 3.63) is 101 Å². The molecule has 0 bridgehead atoms. The molecule has 1 heterocycles. The van der Waals surface area contributed by atoms with Crippen LogP contribution in [0.25, 0.3) is 0 Å². The van der Waals surface area contributed by atoms with Crippen molar-refractivity contribution in [2.75, 3.05) is 13.1 Å². The van der Waals surface area contributed by atoms with Crippen molar-refractivity contribution in [3.63, 3.8) is 0 Å². The van der Waals surface area contributed by atoms with Gasteiger partial charge in [-0.1, -0.05) is 26.7 Å². The Hall–Kier alpha value is -2.72. The zero-order valence-corrected chi connectivity index (χ0v) is 29.9. The Balaban J connectivity index is 1.23. The SMILES string of the molecule is CCCC1CCC(c2ccc(CN3CC[N+](Cc4ccc(C5CCC(CCC)CC5)cc4)=C3[P-](F)(F)(F)(F)c3ccccc3)cc2)CC1. The summed E-state index contributed by atoms with van der Waals surface area (Å²) in [4.78, 5) is 1.26. The van der Waals surface area contributed by atoms with E-state index < -0.39 is 18.1 Å². The fraction of sp³-hybridized carbons (Fsp3) is 0.537. The molecule has 2 nitrogen and oxygen atoms in total. The van der Waals surface area contributed by atoms with Crippen molar-refractivity contribution in [1.29, 1.82) is 0 Å². The van der Waals surface area contributed by atoms with Gasteiger partial charge in [0.2, 0.25) is 0 Å². The molecule has 0 unspecified atom stereocenters. The van der Waals surface area contributed by atoms with Crippen LogP contribution in [0.3, 0.4) is 0 Å². The van der Waals surface area contributed by atoms with Gasteiger partial charge < -0.3 is 0 Å². The predicted octanol–water partition coefficient (Wildman–Crippen LogP) is 12.2. The molecular formula is C41H55F4N2P. The maximum atomic E-state index is 16.6. The molecule has 48 heavy (non-hydrogen) atoms. The third-order valence-corrected chi connectivity index (χ3v) is 14.3. The summed E-state index contributed by atoms with van der Waals surface area (Å²) >= 11 is 0. The van der Waals surface area contributed by atoms with Gasteiger partial charge in [-0.25, -0.2) is 0 Å². The van der Waals surface area contributed by atoms with Gasteiger partial charge in [-0.15, -0.1) is 0 Å². The van der Waals surface area contributed by atoms with Gasteiger partial charge in [0, 0.05) is 0 Å². The first kappa shape index (κ1) is 35.1. The number of hydrogen-bond donors (Lipinski definition) is 0. The molecule has 0 aromatic heterocycles. The number of rotatable bonds is 12. The molecule has 2 fully saturated rings. The second kappa shape index (κ2) is 13.9. The monoisotopic (exact) mass is 682 g/mol. The van der Waals surface area contributed by atoms with E-state index in [9.17, 15) is 0 Å². The molecule has 0 N–H and O–H groups in total. The minimum atomic E-state index is -9.17. The standard InChI is InChI=1S/C41H55F4N2P/c1-3-8-32-12-20-36(21-13-32)38-24-16-34(17-25-38)30-46-28-29-47(41(46)48(42,43,44,45)40-10-6-5-7-11-40)31-35-18-26-39(27-19-35)37-22-14-33(9-4-2)15-23-37/h5-7,10-11,16-19,24-27,32-33,36-37H,3-4,8-9,12-15,20-23,28-31H2,1-2H3. The van der Waals surface area contributed by atoms with Crippen LogP contribution in [0, 0.1) is 11.8 Å². The van der Waals surface area contributed by atoms with Crippen molar-refractivity contribution >= 4 is 18.1 Å². The first-order chi connectivity index (χ1) is 23.0. The Morgan fingerprint density at radius 1 is 0.625 bits per heavy atom. The van der Waals surface area contributed by atoms with Crippen molar-refractivity contribution in [2.45, 2.75) is 116 Å². The van der Waals surface area contributed by atoms with E-state index in [1.54, 1.807) is 0 Å². The van der Waals surface area contributed by atoms with E-state index in [0.717, 1.165) is 35.1 Å². The van der Waals surface area contributed by atoms with Crippen LogP contribution in [-0.2, 0) is 13.1 Å². The Morgan fingerprint density at radius 2 is 1.10 bits per heavy atom. The number of hydrogen-bond acceptors (Lipinski definition) is 1. The summed E-state index contributed by atoms with van der Waals surface area (Å²) in [5, 5.41) is -1.17. The van der Waals surface area contributed by atoms with Crippen molar-refractivity contribution in [1.82, 2.24) is 4.90 Å². The third-order valence-electron chi connectivity index (χ3n) is 11.6. The molecule has 7 heteroatoms. The van der Waals surface area contributed by atoms with Gasteiger partial charge in [-0.05, 0) is 0 Å². The van der Waals surface area contributed by atoms with E-state index in [4.69, 9.17) is 0 Å². The summed E-state index contributed by atoms with van der Waals surface area (Å²) in [6, 6.07) is 22.1. The normalized spacial score (nSPS) is 25.2. The van der Waals surface area contributed by atoms with Gasteiger partial charge in [0.1, 0.15) is 0 Å². The minimum absolute atomic E-state index is 0.0220. The summed E-state index contributed by atoms with van der Waals surface area (Å²) in [6.45, 7) is 4.78. The first-order valence-electron chi connectivity index (χ1n) is 18.7. The van der Waals surface area contributed by atoms with Crippen LogP contribution in [-0.4, -0.2) is 28.1 Å². The molecular weight excluding hydrogens is 627 g/mol. The van der Waals surface area contributed by atoms with Crippen LogP contribution >= 0.6 is 7.19 Å². The zero-order chi connectivity index (χ0) is 33.8. The number of halogens is 4. The number of nitrogens with zero attached hydrogens (tertiary/aromatic N) is 2. The maximum absolute atomic E-state index is 16.6. The van der Waals surface area contributed by atoms with Gasteiger partial charge in [0.25, 0.3) is 0 Å². The van der Waals surface area contributed by atoms with Gasteiger partial charge >= 0.3 is 260 Å². The van der Waals surface area contributed by atoms with E-state index in [0.29, 0.717) is 11.8 Å². The molecule has 3 aromatic rings. The van der Waals surface area contributed by atoms with Gasteiger partial charge in [-0.2, -0.15) is 0 Å². The topological polar surface area (TPSA) is 6.25 Å². The predicted molar refractivity (Wildman–Crippen MR) is 194 cm³/mol. The Morgan fingerprint density at radius 3 is 1.58 bits per heavy atom. The Bertz CT molecular complexity index is 1530. The van der Waals surface area contributed by atoms with Crippen molar-refractivity contribution < 1.29 is 21.4 Å². The fourth-order valence-corrected chi connectivity index (χ4v) is 11.5. The molecule has 3 aromatic carbocycles. The van der Waals surface area contributed by atoms with Gasteiger partial charge in [0.05, 0.1) is 0 Å². The van der Waals surface area contributed by atoms with E-state index >= 15 is 16.8 Å². The molecule has 0 saturated heterocycles. The second-order valence-corrected chi connectivity index (χ2v) is 18.4. The molecule has 0 atom stereocenters. The molecule has 1 aliphatic heterocycles. The average molecular weight is 683 g/mol. The number of benzene rings is 3.